The summed E-state index contributed by atoms with van der Waals surface area (Å²) in [7, 11) is 1.86. The largest absolute Gasteiger partial charge is 0.488 e. The maximum absolute atomic E-state index is 13.1. The number of amides is 2. The third-order valence-electron chi connectivity index (χ3n) is 5.52. The summed E-state index contributed by atoms with van der Waals surface area (Å²) >= 11 is 0. The molecule has 1 aromatic carbocycles. The van der Waals surface area contributed by atoms with Crippen molar-refractivity contribution in [2.24, 2.45) is 5.92 Å². The minimum Gasteiger partial charge on any atom is -0.488 e. The molecule has 0 unspecified atom stereocenters. The number of benzene rings is 1. The second-order valence-corrected chi connectivity index (χ2v) is 7.96. The topological polar surface area (TPSA) is 104 Å². The minimum absolute atomic E-state index is 0.0578. The lowest BCUT2D eigenvalue weighted by atomic mass is 10.0. The molecule has 0 saturated carbocycles. The molecule has 3 atom stereocenters. The van der Waals surface area contributed by atoms with Gasteiger partial charge < -0.3 is 25.4 Å². The number of fused-ring (bicyclic) bond motifs is 1. The molecule has 2 aromatic rings. The van der Waals surface area contributed by atoms with Crippen LogP contribution in [0.3, 0.4) is 0 Å². The van der Waals surface area contributed by atoms with E-state index in [9.17, 15) is 14.7 Å². The van der Waals surface area contributed by atoms with E-state index in [0.29, 0.717) is 35.7 Å². The molecule has 0 saturated heterocycles. The van der Waals surface area contributed by atoms with Gasteiger partial charge in [0.25, 0.3) is 5.91 Å². The van der Waals surface area contributed by atoms with E-state index in [1.54, 1.807) is 47.6 Å². The van der Waals surface area contributed by atoms with Gasteiger partial charge in [0.2, 0.25) is 5.91 Å². The fourth-order valence-electron chi connectivity index (χ4n) is 3.66. The van der Waals surface area contributed by atoms with Crippen LogP contribution in [0.25, 0.3) is 0 Å². The Morgan fingerprint density at radius 3 is 2.74 bits per heavy atom. The number of rotatable bonds is 6. The molecule has 2 amide bonds. The van der Waals surface area contributed by atoms with Gasteiger partial charge in [0.1, 0.15) is 11.9 Å². The molecule has 0 aliphatic carbocycles. The molecule has 1 aromatic heterocycles. The molecule has 0 bridgehead atoms. The fourth-order valence-corrected chi connectivity index (χ4v) is 3.66. The van der Waals surface area contributed by atoms with Gasteiger partial charge in [-0.2, -0.15) is 0 Å². The first kappa shape index (κ1) is 22.7. The highest BCUT2D eigenvalue weighted by Gasteiger charge is 2.30. The normalized spacial score (nSPS) is 20.0. The van der Waals surface area contributed by atoms with E-state index in [2.05, 4.69) is 15.6 Å². The smallest absolute Gasteiger partial charge is 0.255 e. The molecule has 31 heavy (non-hydrogen) atoms. The number of carbonyl (C=O) groups excluding carboxylic acids is 2. The van der Waals surface area contributed by atoms with E-state index in [1.165, 1.54) is 0 Å². The van der Waals surface area contributed by atoms with Crippen LogP contribution in [0.5, 0.6) is 5.75 Å². The number of nitrogens with zero attached hydrogens (tertiary/aromatic N) is 2. The summed E-state index contributed by atoms with van der Waals surface area (Å²) in [6.07, 6.45) is 3.09. The van der Waals surface area contributed by atoms with Crippen LogP contribution in [0.15, 0.2) is 42.7 Å². The number of hydrogen-bond donors (Lipinski definition) is 3. The second kappa shape index (κ2) is 10.4. The van der Waals surface area contributed by atoms with E-state index in [1.807, 2.05) is 20.9 Å². The van der Waals surface area contributed by atoms with Crippen molar-refractivity contribution in [3.8, 4) is 5.75 Å². The summed E-state index contributed by atoms with van der Waals surface area (Å²) < 4.78 is 6.30. The summed E-state index contributed by atoms with van der Waals surface area (Å²) in [5.41, 5.74) is 1.77. The third kappa shape index (κ3) is 5.59. The molecule has 1 aliphatic rings. The number of carbonyl (C=O) groups is 2. The number of aliphatic hydroxyl groups is 1. The third-order valence-corrected chi connectivity index (χ3v) is 5.52. The Hall–Kier alpha value is -2.97. The molecule has 0 spiro atoms. The molecule has 8 nitrogen and oxygen atoms in total. The lowest BCUT2D eigenvalue weighted by Crippen LogP contribution is -2.47. The first-order valence-electron chi connectivity index (χ1n) is 10.5. The predicted octanol–water partition coefficient (Wildman–Crippen LogP) is 1.70. The van der Waals surface area contributed by atoms with Crippen LogP contribution in [-0.4, -0.2) is 65.7 Å². The monoisotopic (exact) mass is 426 g/mol. The van der Waals surface area contributed by atoms with E-state index in [4.69, 9.17) is 4.74 Å². The van der Waals surface area contributed by atoms with E-state index in [0.717, 1.165) is 0 Å². The Balaban J connectivity index is 1.91. The lowest BCUT2D eigenvalue weighted by Gasteiger charge is -2.32. The number of nitrogens with one attached hydrogen (secondary N) is 2. The standard InChI is InChI=1S/C23H30N4O4/c1-15-13-27(16(2)14-28)22(29)11-18-10-19(4-5-20(18)31-21(15)12-24-3)26-23(30)17-6-8-25-9-7-17/h4-10,15-16,21,24,28H,11-14H2,1-3H3,(H,26,30)/t15-,16+,21-/m0/s1. The van der Waals surface area contributed by atoms with Crippen LogP contribution < -0.4 is 15.4 Å². The molecule has 2 heterocycles. The Morgan fingerprint density at radius 1 is 1.32 bits per heavy atom. The molecule has 3 N–H and O–H groups in total. The molecular weight excluding hydrogens is 396 g/mol. The maximum atomic E-state index is 13.1. The summed E-state index contributed by atoms with van der Waals surface area (Å²) in [4.78, 5) is 31.2. The van der Waals surface area contributed by atoms with Crippen LogP contribution in [-0.2, 0) is 11.2 Å². The van der Waals surface area contributed by atoms with Crippen LogP contribution in [0.1, 0.15) is 29.8 Å². The number of hydrogen-bond acceptors (Lipinski definition) is 6. The van der Waals surface area contributed by atoms with E-state index in [-0.39, 0.29) is 42.9 Å². The number of likely N-dealkylation sites (N-methyl/N-ethyl adjacent to an activating group) is 1. The van der Waals surface area contributed by atoms with Crippen molar-refractivity contribution in [2.45, 2.75) is 32.4 Å². The quantitative estimate of drug-likeness (QED) is 0.650. The highest BCUT2D eigenvalue weighted by Crippen LogP contribution is 2.29. The Morgan fingerprint density at radius 2 is 2.06 bits per heavy atom. The van der Waals surface area contributed by atoms with Gasteiger partial charge >= 0.3 is 0 Å². The van der Waals surface area contributed by atoms with Crippen molar-refractivity contribution >= 4 is 17.5 Å². The highest BCUT2D eigenvalue weighted by molar-refractivity contribution is 6.04. The summed E-state index contributed by atoms with van der Waals surface area (Å²) in [6.45, 7) is 4.89. The molecular formula is C23H30N4O4. The number of aliphatic hydroxyl groups excluding tert-OH is 1. The molecule has 166 valence electrons. The van der Waals surface area contributed by atoms with Crippen molar-refractivity contribution in [3.05, 3.63) is 53.9 Å². The van der Waals surface area contributed by atoms with Gasteiger partial charge in [0, 0.05) is 48.2 Å². The summed E-state index contributed by atoms with van der Waals surface area (Å²) in [6, 6.07) is 8.33. The van der Waals surface area contributed by atoms with Crippen molar-refractivity contribution < 1.29 is 19.4 Å². The van der Waals surface area contributed by atoms with Gasteiger partial charge in [0.05, 0.1) is 19.1 Å². The maximum Gasteiger partial charge on any atom is 0.255 e. The predicted molar refractivity (Wildman–Crippen MR) is 118 cm³/mol. The van der Waals surface area contributed by atoms with Crippen molar-refractivity contribution in [3.63, 3.8) is 0 Å². The van der Waals surface area contributed by atoms with Gasteiger partial charge in [-0.25, -0.2) is 0 Å². The van der Waals surface area contributed by atoms with Crippen LogP contribution in [0, 0.1) is 5.92 Å². The number of pyridine rings is 1. The van der Waals surface area contributed by atoms with E-state index < -0.39 is 0 Å². The van der Waals surface area contributed by atoms with E-state index >= 15 is 0 Å². The van der Waals surface area contributed by atoms with Crippen LogP contribution in [0.4, 0.5) is 5.69 Å². The van der Waals surface area contributed by atoms with Gasteiger partial charge in [-0.1, -0.05) is 6.92 Å². The fraction of sp³-hybridized carbons (Fsp3) is 0.435. The van der Waals surface area contributed by atoms with Crippen molar-refractivity contribution in [1.29, 1.82) is 0 Å². The molecule has 1 aliphatic heterocycles. The highest BCUT2D eigenvalue weighted by atomic mass is 16.5. The SMILES string of the molecule is CNC[C@@H]1Oc2ccc(NC(=O)c3ccncc3)cc2CC(=O)N([C@H](C)CO)C[C@@H]1C. The Bertz CT molecular complexity index is 906. The molecule has 3 rings (SSSR count). The first-order chi connectivity index (χ1) is 14.9. The molecule has 8 heteroatoms. The van der Waals surface area contributed by atoms with Gasteiger partial charge in [-0.05, 0) is 44.3 Å². The average molecular weight is 427 g/mol. The Kier molecular flexibility index (Phi) is 7.59. The number of aromatic nitrogens is 1. The Labute approximate surface area is 182 Å². The summed E-state index contributed by atoms with van der Waals surface area (Å²) in [5.74, 6) is 0.346. The zero-order valence-corrected chi connectivity index (χ0v) is 18.2. The first-order valence-corrected chi connectivity index (χ1v) is 10.5. The summed E-state index contributed by atoms with van der Waals surface area (Å²) in [5, 5.41) is 15.7. The average Bonchev–Trinajstić information content (AvgIpc) is 2.82. The van der Waals surface area contributed by atoms with Gasteiger partial charge in [-0.3, -0.25) is 14.6 Å². The zero-order chi connectivity index (χ0) is 22.4. The van der Waals surface area contributed by atoms with Crippen LogP contribution in [0.2, 0.25) is 0 Å². The lowest BCUT2D eigenvalue weighted by molar-refractivity contribution is -0.134. The van der Waals surface area contributed by atoms with Crippen LogP contribution >= 0.6 is 0 Å². The second-order valence-electron chi connectivity index (χ2n) is 7.96. The van der Waals surface area contributed by atoms with Crippen molar-refractivity contribution in [1.82, 2.24) is 15.2 Å². The van der Waals surface area contributed by atoms with Crippen molar-refractivity contribution in [2.75, 3.05) is 32.1 Å². The molecule has 0 fully saturated rings. The van der Waals surface area contributed by atoms with Gasteiger partial charge in [-0.15, -0.1) is 0 Å². The number of anilines is 1. The van der Waals surface area contributed by atoms with Gasteiger partial charge in [0.15, 0.2) is 0 Å². The number of ether oxygens (including phenoxy) is 1. The zero-order valence-electron chi connectivity index (χ0n) is 18.2. The minimum atomic E-state index is -0.290. The molecule has 0 radical (unpaired) electrons.